The molecule has 1 aliphatic rings. The lowest BCUT2D eigenvalue weighted by molar-refractivity contribution is -0.122. The van der Waals surface area contributed by atoms with E-state index in [2.05, 4.69) is 12.1 Å². The summed E-state index contributed by atoms with van der Waals surface area (Å²) < 4.78 is 5.74. The Labute approximate surface area is 193 Å². The van der Waals surface area contributed by atoms with Gasteiger partial charge in [-0.25, -0.2) is 4.99 Å². The molecule has 1 amide bonds. The summed E-state index contributed by atoms with van der Waals surface area (Å²) in [5.74, 6) is 0.749. The van der Waals surface area contributed by atoms with Gasteiger partial charge in [0.1, 0.15) is 5.75 Å². The number of amidine groups is 1. The molecule has 3 aromatic rings. The molecule has 0 spiro atoms. The molecule has 0 radical (unpaired) electrons. The number of para-hydroxylation sites is 1. The van der Waals surface area contributed by atoms with Crippen molar-refractivity contribution in [3.05, 3.63) is 100 Å². The highest BCUT2D eigenvalue weighted by molar-refractivity contribution is 8.18. The number of ether oxygens (including phenoxy) is 1. The van der Waals surface area contributed by atoms with Crippen LogP contribution in [-0.2, 0) is 11.2 Å². The van der Waals surface area contributed by atoms with E-state index in [-0.39, 0.29) is 5.91 Å². The van der Waals surface area contributed by atoms with E-state index in [9.17, 15) is 4.79 Å². The molecule has 162 valence electrons. The lowest BCUT2D eigenvalue weighted by Gasteiger charge is -2.15. The minimum atomic E-state index is -0.0249. The number of nitrogens with zero attached hydrogens (tertiary/aromatic N) is 2. The van der Waals surface area contributed by atoms with Gasteiger partial charge < -0.3 is 4.74 Å². The summed E-state index contributed by atoms with van der Waals surface area (Å²) in [5.41, 5.74) is 4.11. The molecule has 1 heterocycles. The maximum absolute atomic E-state index is 13.4. The van der Waals surface area contributed by atoms with Crippen molar-refractivity contribution < 1.29 is 9.53 Å². The summed E-state index contributed by atoms with van der Waals surface area (Å²) in [4.78, 5) is 20.6. The molecule has 0 atom stereocenters. The molecule has 32 heavy (non-hydrogen) atoms. The van der Waals surface area contributed by atoms with Gasteiger partial charge in [0.05, 0.1) is 17.2 Å². The highest BCUT2D eigenvalue weighted by Gasteiger charge is 2.33. The Morgan fingerprint density at radius 1 is 0.969 bits per heavy atom. The van der Waals surface area contributed by atoms with Crippen molar-refractivity contribution in [3.8, 4) is 5.75 Å². The lowest BCUT2D eigenvalue weighted by Crippen LogP contribution is -2.31. The Morgan fingerprint density at radius 2 is 1.69 bits per heavy atom. The van der Waals surface area contributed by atoms with E-state index in [1.54, 1.807) is 4.90 Å². The fraction of sp³-hybridized carbons (Fsp3) is 0.185. The third-order valence-electron chi connectivity index (χ3n) is 5.12. The average Bonchev–Trinajstić information content (AvgIpc) is 3.10. The molecule has 0 unspecified atom stereocenters. The monoisotopic (exact) mass is 442 g/mol. The minimum absolute atomic E-state index is 0.0249. The number of thioether (sulfide) groups is 1. The van der Waals surface area contributed by atoms with Crippen molar-refractivity contribution in [1.82, 2.24) is 4.90 Å². The predicted molar refractivity (Wildman–Crippen MR) is 133 cm³/mol. The van der Waals surface area contributed by atoms with E-state index in [1.807, 2.05) is 86.7 Å². The summed E-state index contributed by atoms with van der Waals surface area (Å²) in [6.45, 7) is 5.15. The standard InChI is InChI=1S/C27H26N2O2S/c1-3-31-24-12-8-7-11-22(24)19-25-26(30)29(18-17-21-9-5-4-6-10-21)27(32-25)28-23-15-13-20(2)14-16-23/h4-16,19H,3,17-18H2,1-2H3/b25-19+,28-27?. The van der Waals surface area contributed by atoms with Gasteiger partial charge in [-0.05, 0) is 61.9 Å². The summed E-state index contributed by atoms with van der Waals surface area (Å²) in [6, 6.07) is 26.0. The van der Waals surface area contributed by atoms with Gasteiger partial charge in [0.15, 0.2) is 5.17 Å². The van der Waals surface area contributed by atoms with Crippen molar-refractivity contribution in [2.24, 2.45) is 4.99 Å². The summed E-state index contributed by atoms with van der Waals surface area (Å²) >= 11 is 1.41. The van der Waals surface area contributed by atoms with Crippen LogP contribution in [0.25, 0.3) is 6.08 Å². The Kier molecular flexibility index (Phi) is 7.07. The molecule has 3 aromatic carbocycles. The van der Waals surface area contributed by atoms with Crippen LogP contribution in [0, 0.1) is 6.92 Å². The van der Waals surface area contributed by atoms with Crippen LogP contribution in [0.4, 0.5) is 5.69 Å². The normalized spacial score (nSPS) is 16.2. The Bertz CT molecular complexity index is 1140. The Balaban J connectivity index is 1.65. The predicted octanol–water partition coefficient (Wildman–Crippen LogP) is 6.24. The van der Waals surface area contributed by atoms with E-state index in [1.165, 1.54) is 22.9 Å². The zero-order valence-electron chi connectivity index (χ0n) is 18.3. The van der Waals surface area contributed by atoms with E-state index < -0.39 is 0 Å². The molecular formula is C27H26N2O2S. The van der Waals surface area contributed by atoms with Crippen LogP contribution in [0.5, 0.6) is 5.75 Å². The van der Waals surface area contributed by atoms with Gasteiger partial charge in [0.25, 0.3) is 5.91 Å². The number of aliphatic imine (C=N–C) groups is 1. The summed E-state index contributed by atoms with van der Waals surface area (Å²) in [7, 11) is 0. The van der Waals surface area contributed by atoms with E-state index >= 15 is 0 Å². The van der Waals surface area contributed by atoms with Gasteiger partial charge in [0, 0.05) is 12.1 Å². The SMILES string of the molecule is CCOc1ccccc1/C=C1/SC(=Nc2ccc(C)cc2)N(CCc2ccccc2)C1=O. The summed E-state index contributed by atoms with van der Waals surface area (Å²) in [6.07, 6.45) is 2.67. The first kappa shape index (κ1) is 21.9. The first-order valence-corrected chi connectivity index (χ1v) is 11.6. The second-order valence-corrected chi connectivity index (χ2v) is 8.51. The molecule has 0 bridgehead atoms. The second-order valence-electron chi connectivity index (χ2n) is 7.50. The fourth-order valence-corrected chi connectivity index (χ4v) is 4.45. The third kappa shape index (κ3) is 5.29. The number of hydrogen-bond donors (Lipinski definition) is 0. The number of amides is 1. The topological polar surface area (TPSA) is 41.9 Å². The number of benzene rings is 3. The molecule has 1 aliphatic heterocycles. The van der Waals surface area contributed by atoms with Crippen LogP contribution < -0.4 is 4.74 Å². The molecule has 4 nitrogen and oxygen atoms in total. The van der Waals surface area contributed by atoms with Crippen molar-refractivity contribution in [3.63, 3.8) is 0 Å². The van der Waals surface area contributed by atoms with Crippen LogP contribution in [0.1, 0.15) is 23.6 Å². The number of aryl methyl sites for hydroxylation is 1. The van der Waals surface area contributed by atoms with Gasteiger partial charge in [0.2, 0.25) is 0 Å². The summed E-state index contributed by atoms with van der Waals surface area (Å²) in [5, 5.41) is 0.704. The molecule has 0 aliphatic carbocycles. The van der Waals surface area contributed by atoms with Crippen LogP contribution >= 0.6 is 11.8 Å². The van der Waals surface area contributed by atoms with Crippen LogP contribution in [0.2, 0.25) is 0 Å². The zero-order chi connectivity index (χ0) is 22.3. The molecule has 4 rings (SSSR count). The Morgan fingerprint density at radius 3 is 2.44 bits per heavy atom. The number of carbonyl (C=O) groups is 1. The van der Waals surface area contributed by atoms with E-state index in [0.717, 1.165) is 23.4 Å². The molecule has 1 fully saturated rings. The van der Waals surface area contributed by atoms with Gasteiger partial charge in [-0.2, -0.15) is 0 Å². The molecular weight excluding hydrogens is 416 g/mol. The third-order valence-corrected chi connectivity index (χ3v) is 6.13. The molecule has 0 aromatic heterocycles. The first-order chi connectivity index (χ1) is 15.6. The van der Waals surface area contributed by atoms with Crippen LogP contribution in [-0.4, -0.2) is 29.1 Å². The Hall–Kier alpha value is -3.31. The smallest absolute Gasteiger partial charge is 0.266 e. The maximum atomic E-state index is 13.4. The van der Waals surface area contributed by atoms with Gasteiger partial charge >= 0.3 is 0 Å². The first-order valence-electron chi connectivity index (χ1n) is 10.8. The molecule has 1 saturated heterocycles. The fourth-order valence-electron chi connectivity index (χ4n) is 3.43. The molecule has 0 saturated carbocycles. The minimum Gasteiger partial charge on any atom is -0.493 e. The van der Waals surface area contributed by atoms with Crippen molar-refractivity contribution in [1.29, 1.82) is 0 Å². The van der Waals surface area contributed by atoms with Crippen LogP contribution in [0.3, 0.4) is 0 Å². The molecule has 5 heteroatoms. The quantitative estimate of drug-likeness (QED) is 0.407. The highest BCUT2D eigenvalue weighted by Crippen LogP contribution is 2.35. The highest BCUT2D eigenvalue weighted by atomic mass is 32.2. The molecule has 0 N–H and O–H groups in total. The average molecular weight is 443 g/mol. The lowest BCUT2D eigenvalue weighted by atomic mass is 10.1. The van der Waals surface area contributed by atoms with Crippen molar-refractivity contribution >= 4 is 34.6 Å². The van der Waals surface area contributed by atoms with E-state index in [0.29, 0.717) is 23.2 Å². The second kappa shape index (κ2) is 10.3. The number of hydrogen-bond acceptors (Lipinski definition) is 4. The van der Waals surface area contributed by atoms with Gasteiger partial charge in [-0.1, -0.05) is 66.2 Å². The maximum Gasteiger partial charge on any atom is 0.266 e. The number of carbonyl (C=O) groups excluding carboxylic acids is 1. The van der Waals surface area contributed by atoms with E-state index in [4.69, 9.17) is 9.73 Å². The van der Waals surface area contributed by atoms with Crippen molar-refractivity contribution in [2.45, 2.75) is 20.3 Å². The van der Waals surface area contributed by atoms with Gasteiger partial charge in [-0.15, -0.1) is 0 Å². The van der Waals surface area contributed by atoms with Crippen molar-refractivity contribution in [2.75, 3.05) is 13.2 Å². The van der Waals surface area contributed by atoms with Gasteiger partial charge in [-0.3, -0.25) is 9.69 Å². The largest absolute Gasteiger partial charge is 0.493 e. The van der Waals surface area contributed by atoms with Crippen LogP contribution in [0.15, 0.2) is 88.8 Å². The number of rotatable bonds is 7. The zero-order valence-corrected chi connectivity index (χ0v) is 19.1.